The Morgan fingerprint density at radius 1 is 1.12 bits per heavy atom. The topological polar surface area (TPSA) is 67.4 Å². The van der Waals surface area contributed by atoms with Crippen molar-refractivity contribution in [2.75, 3.05) is 6.61 Å². The number of nitrogens with one attached hydrogen (secondary N) is 2. The van der Waals surface area contributed by atoms with E-state index in [1.165, 1.54) is 0 Å². The van der Waals surface area contributed by atoms with Crippen LogP contribution in [0.5, 0.6) is 5.75 Å². The van der Waals surface area contributed by atoms with Crippen LogP contribution in [0.4, 0.5) is 0 Å². The SMILES string of the molecule is Cc1ccc(OCC(=O)NNC(=O)C2CC2c2ccccc2Cl)cc1C. The van der Waals surface area contributed by atoms with Crippen LogP contribution < -0.4 is 15.6 Å². The van der Waals surface area contributed by atoms with E-state index in [-0.39, 0.29) is 24.3 Å². The van der Waals surface area contributed by atoms with Gasteiger partial charge in [0.05, 0.1) is 0 Å². The second-order valence-corrected chi connectivity index (χ2v) is 6.95. The maximum atomic E-state index is 12.2. The summed E-state index contributed by atoms with van der Waals surface area (Å²) in [6.45, 7) is 3.82. The smallest absolute Gasteiger partial charge is 0.276 e. The van der Waals surface area contributed by atoms with Gasteiger partial charge < -0.3 is 4.74 Å². The summed E-state index contributed by atoms with van der Waals surface area (Å²) in [7, 11) is 0. The molecule has 1 fully saturated rings. The number of carbonyl (C=O) groups is 2. The van der Waals surface area contributed by atoms with E-state index in [9.17, 15) is 9.59 Å². The largest absolute Gasteiger partial charge is 0.484 e. The minimum Gasteiger partial charge on any atom is -0.484 e. The van der Waals surface area contributed by atoms with Crippen molar-refractivity contribution in [3.8, 4) is 5.75 Å². The van der Waals surface area contributed by atoms with E-state index in [2.05, 4.69) is 10.9 Å². The molecule has 0 aromatic heterocycles. The van der Waals surface area contributed by atoms with E-state index in [0.29, 0.717) is 10.8 Å². The van der Waals surface area contributed by atoms with Crippen molar-refractivity contribution in [3.05, 3.63) is 64.2 Å². The highest BCUT2D eigenvalue weighted by molar-refractivity contribution is 6.31. The first-order valence-corrected chi connectivity index (χ1v) is 8.86. The first kappa shape index (κ1) is 18.3. The molecule has 2 unspecified atom stereocenters. The van der Waals surface area contributed by atoms with Crippen molar-refractivity contribution in [2.24, 2.45) is 5.92 Å². The number of amides is 2. The Morgan fingerprint density at radius 3 is 2.62 bits per heavy atom. The van der Waals surface area contributed by atoms with Crippen molar-refractivity contribution in [1.29, 1.82) is 0 Å². The fourth-order valence-corrected chi connectivity index (χ4v) is 3.09. The molecular weight excluding hydrogens is 352 g/mol. The average molecular weight is 373 g/mol. The second kappa shape index (κ2) is 7.79. The fraction of sp³-hybridized carbons (Fsp3) is 0.300. The summed E-state index contributed by atoms with van der Waals surface area (Å²) in [4.78, 5) is 24.0. The first-order valence-electron chi connectivity index (χ1n) is 8.49. The number of benzene rings is 2. The minimum absolute atomic E-state index is 0.104. The summed E-state index contributed by atoms with van der Waals surface area (Å²) >= 11 is 6.16. The molecule has 26 heavy (non-hydrogen) atoms. The third-order valence-electron chi connectivity index (χ3n) is 4.61. The number of hydrazine groups is 1. The molecule has 2 amide bonds. The normalized spacial score (nSPS) is 18.1. The highest BCUT2D eigenvalue weighted by atomic mass is 35.5. The van der Waals surface area contributed by atoms with E-state index in [1.54, 1.807) is 0 Å². The molecule has 2 atom stereocenters. The van der Waals surface area contributed by atoms with Crippen LogP contribution >= 0.6 is 11.6 Å². The molecule has 3 rings (SSSR count). The second-order valence-electron chi connectivity index (χ2n) is 6.54. The zero-order chi connectivity index (χ0) is 18.7. The number of hydrogen-bond acceptors (Lipinski definition) is 3. The van der Waals surface area contributed by atoms with E-state index < -0.39 is 5.91 Å². The summed E-state index contributed by atoms with van der Waals surface area (Å²) < 4.78 is 5.44. The Bertz CT molecular complexity index is 838. The first-order chi connectivity index (χ1) is 12.5. The Balaban J connectivity index is 1.43. The van der Waals surface area contributed by atoms with Crippen molar-refractivity contribution in [2.45, 2.75) is 26.2 Å². The van der Waals surface area contributed by atoms with Crippen LogP contribution in [-0.4, -0.2) is 18.4 Å². The zero-order valence-electron chi connectivity index (χ0n) is 14.7. The average Bonchev–Trinajstić information content (AvgIpc) is 3.41. The van der Waals surface area contributed by atoms with Crippen LogP contribution in [0, 0.1) is 19.8 Å². The zero-order valence-corrected chi connectivity index (χ0v) is 15.5. The van der Waals surface area contributed by atoms with E-state index >= 15 is 0 Å². The minimum atomic E-state index is -0.411. The molecule has 0 aliphatic heterocycles. The van der Waals surface area contributed by atoms with Crippen molar-refractivity contribution < 1.29 is 14.3 Å². The van der Waals surface area contributed by atoms with Gasteiger partial charge in [0.25, 0.3) is 5.91 Å². The molecule has 0 radical (unpaired) electrons. The van der Waals surface area contributed by atoms with Crippen molar-refractivity contribution >= 4 is 23.4 Å². The number of ether oxygens (including phenoxy) is 1. The van der Waals surface area contributed by atoms with E-state index in [0.717, 1.165) is 23.1 Å². The summed E-state index contributed by atoms with van der Waals surface area (Å²) in [6, 6.07) is 13.1. The van der Waals surface area contributed by atoms with E-state index in [4.69, 9.17) is 16.3 Å². The molecule has 0 saturated heterocycles. The third-order valence-corrected chi connectivity index (χ3v) is 4.95. The number of carbonyl (C=O) groups excluding carboxylic acids is 2. The van der Waals surface area contributed by atoms with Crippen LogP contribution in [0.25, 0.3) is 0 Å². The lowest BCUT2D eigenvalue weighted by Gasteiger charge is -2.10. The van der Waals surface area contributed by atoms with Crippen LogP contribution in [0.2, 0.25) is 5.02 Å². The van der Waals surface area contributed by atoms with Gasteiger partial charge in [0.15, 0.2) is 6.61 Å². The highest BCUT2D eigenvalue weighted by Crippen LogP contribution is 2.49. The number of halogens is 1. The molecule has 2 aromatic carbocycles. The standard InChI is InChI=1S/C20H21ClN2O3/c1-12-7-8-14(9-13(12)2)26-11-19(24)22-23-20(25)17-10-16(17)15-5-3-4-6-18(15)21/h3-9,16-17H,10-11H2,1-2H3,(H,22,24)(H,23,25). The van der Waals surface area contributed by atoms with Gasteiger partial charge in [-0.3, -0.25) is 20.4 Å². The van der Waals surface area contributed by atoms with Gasteiger partial charge in [-0.2, -0.15) is 0 Å². The summed E-state index contributed by atoms with van der Waals surface area (Å²) in [5.74, 6) is -0.0697. The molecule has 1 aliphatic rings. The van der Waals surface area contributed by atoms with Gasteiger partial charge in [0.2, 0.25) is 5.91 Å². The number of hydrogen-bond donors (Lipinski definition) is 2. The molecular formula is C20H21ClN2O3. The predicted octanol–water partition coefficient (Wildman–Crippen LogP) is 3.29. The maximum absolute atomic E-state index is 12.2. The lowest BCUT2D eigenvalue weighted by molar-refractivity contribution is -0.130. The van der Waals surface area contributed by atoms with Gasteiger partial charge in [0.1, 0.15) is 5.75 Å². The van der Waals surface area contributed by atoms with Gasteiger partial charge in [0, 0.05) is 10.9 Å². The highest BCUT2D eigenvalue weighted by Gasteiger charge is 2.44. The molecule has 136 valence electrons. The molecule has 0 heterocycles. The molecule has 5 nitrogen and oxygen atoms in total. The lowest BCUT2D eigenvalue weighted by Crippen LogP contribution is -2.44. The Morgan fingerprint density at radius 2 is 1.88 bits per heavy atom. The molecule has 0 spiro atoms. The summed E-state index contributed by atoms with van der Waals surface area (Å²) in [5.41, 5.74) is 8.07. The monoisotopic (exact) mass is 372 g/mol. The van der Waals surface area contributed by atoms with Gasteiger partial charge in [-0.1, -0.05) is 35.9 Å². The van der Waals surface area contributed by atoms with E-state index in [1.807, 2.05) is 56.3 Å². The number of rotatable bonds is 5. The summed E-state index contributed by atoms with van der Waals surface area (Å²) in [5, 5.41) is 0.665. The molecule has 6 heteroatoms. The Kier molecular flexibility index (Phi) is 5.47. The summed E-state index contributed by atoms with van der Waals surface area (Å²) in [6.07, 6.45) is 0.727. The molecule has 1 aliphatic carbocycles. The Labute approximate surface area is 157 Å². The number of aryl methyl sites for hydroxylation is 2. The lowest BCUT2D eigenvalue weighted by atomic mass is 10.1. The van der Waals surface area contributed by atoms with Crippen LogP contribution in [0.3, 0.4) is 0 Å². The quantitative estimate of drug-likeness (QED) is 0.791. The predicted molar refractivity (Wildman–Crippen MR) is 100.0 cm³/mol. The van der Waals surface area contributed by atoms with Crippen molar-refractivity contribution in [3.63, 3.8) is 0 Å². The molecule has 1 saturated carbocycles. The van der Waals surface area contributed by atoms with Gasteiger partial charge in [-0.05, 0) is 61.1 Å². The molecule has 2 aromatic rings. The van der Waals surface area contributed by atoms with Crippen molar-refractivity contribution in [1.82, 2.24) is 10.9 Å². The van der Waals surface area contributed by atoms with Gasteiger partial charge in [-0.15, -0.1) is 0 Å². The third kappa shape index (κ3) is 4.35. The van der Waals surface area contributed by atoms with Crippen LogP contribution in [0.1, 0.15) is 29.0 Å². The van der Waals surface area contributed by atoms with Gasteiger partial charge >= 0.3 is 0 Å². The van der Waals surface area contributed by atoms with Crippen LogP contribution in [0.15, 0.2) is 42.5 Å². The van der Waals surface area contributed by atoms with Gasteiger partial charge in [-0.25, -0.2) is 0 Å². The fourth-order valence-electron chi connectivity index (χ4n) is 2.82. The van der Waals surface area contributed by atoms with Crippen LogP contribution in [-0.2, 0) is 9.59 Å². The molecule has 2 N–H and O–H groups in total. The Hall–Kier alpha value is -2.53. The molecule has 0 bridgehead atoms. The maximum Gasteiger partial charge on any atom is 0.276 e.